The minimum absolute atomic E-state index is 0.0475. The van der Waals surface area contributed by atoms with Crippen molar-refractivity contribution in [1.82, 2.24) is 10.1 Å². The fourth-order valence-corrected chi connectivity index (χ4v) is 2.58. The van der Waals surface area contributed by atoms with Crippen molar-refractivity contribution >= 4 is 5.69 Å². The molecule has 1 heterocycles. The van der Waals surface area contributed by atoms with Crippen LogP contribution < -0.4 is 0 Å². The predicted octanol–water partition coefficient (Wildman–Crippen LogP) is 2.56. The molecule has 0 unspecified atom stereocenters. The Hall–Kier alpha value is -3.82. The van der Waals surface area contributed by atoms with Gasteiger partial charge in [0.1, 0.15) is 0 Å². The van der Waals surface area contributed by atoms with Crippen LogP contribution in [-0.2, 0) is 12.8 Å². The van der Waals surface area contributed by atoms with Gasteiger partial charge in [-0.3, -0.25) is 10.1 Å². The first kappa shape index (κ1) is 18.0. The van der Waals surface area contributed by atoms with Crippen LogP contribution in [0.3, 0.4) is 0 Å². The summed E-state index contributed by atoms with van der Waals surface area (Å²) in [4.78, 5) is 14.2. The highest BCUT2D eigenvalue weighted by Crippen LogP contribution is 2.39. The van der Waals surface area contributed by atoms with Crippen LogP contribution >= 0.6 is 0 Å². The van der Waals surface area contributed by atoms with Crippen molar-refractivity contribution in [3.8, 4) is 34.5 Å². The molecule has 0 spiro atoms. The van der Waals surface area contributed by atoms with Gasteiger partial charge in [-0.05, 0) is 36.6 Å². The summed E-state index contributed by atoms with van der Waals surface area (Å²) in [5.74, 6) is -1.64. The maximum atomic E-state index is 10.9. The molecule has 1 aromatic heterocycles. The fraction of sp³-hybridized carbons (Fsp3) is 0.176. The Balaban J connectivity index is 1.82. The van der Waals surface area contributed by atoms with Gasteiger partial charge in [-0.2, -0.15) is 4.98 Å². The number of phenols is 4. The number of benzene rings is 2. The van der Waals surface area contributed by atoms with Gasteiger partial charge in [0.15, 0.2) is 23.1 Å². The molecule has 0 aliphatic carbocycles. The normalized spacial score (nSPS) is 10.9. The molecule has 10 heteroatoms. The van der Waals surface area contributed by atoms with Crippen LogP contribution in [0.25, 0.3) is 11.5 Å². The third kappa shape index (κ3) is 3.45. The van der Waals surface area contributed by atoms with E-state index in [1.54, 1.807) is 13.0 Å². The molecule has 0 bridgehead atoms. The van der Waals surface area contributed by atoms with E-state index in [1.807, 2.05) is 0 Å². The Bertz CT molecular complexity index is 1030. The van der Waals surface area contributed by atoms with Crippen molar-refractivity contribution in [3.63, 3.8) is 0 Å². The molecule has 27 heavy (non-hydrogen) atoms. The van der Waals surface area contributed by atoms with Crippen LogP contribution in [0, 0.1) is 17.0 Å². The molecule has 0 aliphatic rings. The summed E-state index contributed by atoms with van der Waals surface area (Å²) < 4.78 is 5.08. The molecule has 0 fully saturated rings. The highest BCUT2D eigenvalue weighted by Gasteiger charge is 2.22. The molecule has 10 nitrogen and oxygen atoms in total. The molecule has 0 aliphatic heterocycles. The van der Waals surface area contributed by atoms with E-state index < -0.39 is 22.1 Å². The number of nitro groups is 1. The molecule has 0 atom stereocenters. The van der Waals surface area contributed by atoms with Gasteiger partial charge in [-0.1, -0.05) is 11.2 Å². The van der Waals surface area contributed by atoms with Gasteiger partial charge in [-0.25, -0.2) is 0 Å². The molecule has 2 aromatic carbocycles. The second-order valence-corrected chi connectivity index (χ2v) is 5.85. The molecule has 3 aromatic rings. The number of aryl methyl sites for hydroxylation is 2. The fourth-order valence-electron chi connectivity index (χ4n) is 2.58. The summed E-state index contributed by atoms with van der Waals surface area (Å²) in [6.07, 6.45) is 0.806. The zero-order valence-corrected chi connectivity index (χ0v) is 14.1. The zero-order valence-electron chi connectivity index (χ0n) is 14.1. The molecule has 0 amide bonds. The number of aromatic hydroxyl groups is 4. The molecular formula is C17H15N3O7. The number of hydrogen-bond donors (Lipinski definition) is 4. The summed E-state index contributed by atoms with van der Waals surface area (Å²) in [6, 6.07) is 5.17. The summed E-state index contributed by atoms with van der Waals surface area (Å²) in [5, 5.41) is 53.1. The van der Waals surface area contributed by atoms with E-state index >= 15 is 0 Å². The lowest BCUT2D eigenvalue weighted by Crippen LogP contribution is -1.96. The summed E-state index contributed by atoms with van der Waals surface area (Å²) in [7, 11) is 0. The van der Waals surface area contributed by atoms with Crippen LogP contribution in [0.1, 0.15) is 17.0 Å². The maximum absolute atomic E-state index is 10.9. The monoisotopic (exact) mass is 373 g/mol. The van der Waals surface area contributed by atoms with E-state index in [1.165, 1.54) is 6.07 Å². The smallest absolute Gasteiger partial charge is 0.315 e. The lowest BCUT2D eigenvalue weighted by atomic mass is 10.0. The summed E-state index contributed by atoms with van der Waals surface area (Å²) in [6.45, 7) is 1.67. The van der Waals surface area contributed by atoms with Gasteiger partial charge >= 0.3 is 5.69 Å². The first-order valence-corrected chi connectivity index (χ1v) is 7.81. The molecule has 0 saturated heterocycles. The molecule has 3 rings (SSSR count). The van der Waals surface area contributed by atoms with E-state index in [4.69, 9.17) is 4.52 Å². The molecule has 0 radical (unpaired) electrons. The Labute approximate surface area is 152 Å². The Morgan fingerprint density at radius 2 is 1.81 bits per heavy atom. The van der Waals surface area contributed by atoms with Gasteiger partial charge in [0.2, 0.25) is 5.75 Å². The van der Waals surface area contributed by atoms with Crippen molar-refractivity contribution in [1.29, 1.82) is 0 Å². The number of hydrogen-bond acceptors (Lipinski definition) is 9. The highest BCUT2D eigenvalue weighted by molar-refractivity contribution is 5.67. The van der Waals surface area contributed by atoms with Gasteiger partial charge in [0, 0.05) is 12.5 Å². The van der Waals surface area contributed by atoms with Crippen LogP contribution in [-0.4, -0.2) is 35.5 Å². The first-order chi connectivity index (χ1) is 12.8. The SMILES string of the molecule is Cc1c(CCc2noc(-c3cc(O)c(O)c([N+](=O)[O-])c3)n2)ccc(O)c1O. The predicted molar refractivity (Wildman–Crippen MR) is 91.6 cm³/mol. The van der Waals surface area contributed by atoms with E-state index in [-0.39, 0.29) is 23.0 Å². The number of nitro benzene ring substituents is 1. The van der Waals surface area contributed by atoms with Crippen molar-refractivity contribution in [3.05, 3.63) is 51.3 Å². The van der Waals surface area contributed by atoms with Gasteiger partial charge < -0.3 is 24.9 Å². The largest absolute Gasteiger partial charge is 0.504 e. The Morgan fingerprint density at radius 1 is 1.07 bits per heavy atom. The average molecular weight is 373 g/mol. The average Bonchev–Trinajstić information content (AvgIpc) is 3.10. The van der Waals surface area contributed by atoms with Crippen molar-refractivity contribution in [2.75, 3.05) is 0 Å². The molecule has 4 N–H and O–H groups in total. The number of nitrogens with zero attached hydrogens (tertiary/aromatic N) is 3. The second-order valence-electron chi connectivity index (χ2n) is 5.85. The number of aromatic nitrogens is 2. The van der Waals surface area contributed by atoms with Crippen molar-refractivity contribution in [2.45, 2.75) is 19.8 Å². The van der Waals surface area contributed by atoms with E-state index in [0.717, 1.165) is 17.7 Å². The lowest BCUT2D eigenvalue weighted by Gasteiger charge is -2.07. The first-order valence-electron chi connectivity index (χ1n) is 7.81. The molecule has 140 valence electrons. The van der Waals surface area contributed by atoms with Crippen LogP contribution in [0.2, 0.25) is 0 Å². The minimum atomic E-state index is -0.842. The third-order valence-electron chi connectivity index (χ3n) is 4.12. The number of rotatable bonds is 5. The second kappa shape index (κ2) is 6.83. The topological polar surface area (TPSA) is 163 Å². The van der Waals surface area contributed by atoms with E-state index in [2.05, 4.69) is 10.1 Å². The standard InChI is InChI=1S/C17H15N3O7/c1-8-9(2-4-12(21)15(8)23)3-5-14-18-17(27-19-14)10-6-11(20(25)26)16(24)13(22)7-10/h2,4,6-7,21-24H,3,5H2,1H3. The minimum Gasteiger partial charge on any atom is -0.504 e. The van der Waals surface area contributed by atoms with Crippen LogP contribution in [0.15, 0.2) is 28.8 Å². The summed E-state index contributed by atoms with van der Waals surface area (Å²) in [5.41, 5.74) is 0.738. The highest BCUT2D eigenvalue weighted by atomic mass is 16.6. The van der Waals surface area contributed by atoms with Crippen molar-refractivity contribution in [2.24, 2.45) is 0 Å². The van der Waals surface area contributed by atoms with Crippen LogP contribution in [0.4, 0.5) is 5.69 Å². The van der Waals surface area contributed by atoms with Gasteiger partial charge in [0.25, 0.3) is 5.89 Å². The van der Waals surface area contributed by atoms with Gasteiger partial charge in [0.05, 0.1) is 10.5 Å². The van der Waals surface area contributed by atoms with E-state index in [0.29, 0.717) is 24.2 Å². The third-order valence-corrected chi connectivity index (χ3v) is 4.12. The number of phenolic OH excluding ortho intramolecular Hbond substituents is 4. The Morgan fingerprint density at radius 3 is 2.52 bits per heavy atom. The zero-order chi connectivity index (χ0) is 19.7. The quantitative estimate of drug-likeness (QED) is 0.299. The molecular weight excluding hydrogens is 358 g/mol. The maximum Gasteiger partial charge on any atom is 0.315 e. The van der Waals surface area contributed by atoms with Crippen molar-refractivity contribution < 1.29 is 29.9 Å². The Kier molecular flexibility index (Phi) is 4.55. The molecule has 0 saturated carbocycles. The van der Waals surface area contributed by atoms with Crippen LogP contribution in [0.5, 0.6) is 23.0 Å². The lowest BCUT2D eigenvalue weighted by molar-refractivity contribution is -0.385. The van der Waals surface area contributed by atoms with E-state index in [9.17, 15) is 30.5 Å². The summed E-state index contributed by atoms with van der Waals surface area (Å²) >= 11 is 0. The van der Waals surface area contributed by atoms with Gasteiger partial charge in [-0.15, -0.1) is 0 Å².